The molecule has 0 N–H and O–H groups in total. The van der Waals surface area contributed by atoms with Crippen molar-refractivity contribution in [2.75, 3.05) is 14.2 Å². The molecule has 0 aliphatic rings. The molecule has 0 saturated heterocycles. The highest BCUT2D eigenvalue weighted by atomic mass is 16.5. The molecule has 1 aromatic heterocycles. The molecule has 0 aliphatic heterocycles. The second kappa shape index (κ2) is 6.22. The number of hydrogen-bond acceptors (Lipinski definition) is 5. The molecule has 1 heterocycles. The van der Waals surface area contributed by atoms with Crippen LogP contribution in [-0.2, 0) is 4.74 Å². The monoisotopic (exact) mass is 250 g/mol. The molecule has 1 rings (SSSR count). The van der Waals surface area contributed by atoms with Gasteiger partial charge in [0.2, 0.25) is 5.76 Å². The second-order valence-corrected chi connectivity index (χ2v) is 4.25. The van der Waals surface area contributed by atoms with Crippen LogP contribution in [0.3, 0.4) is 0 Å². The van der Waals surface area contributed by atoms with E-state index in [-0.39, 0.29) is 17.8 Å². The first-order valence-corrected chi connectivity index (χ1v) is 5.78. The van der Waals surface area contributed by atoms with Crippen LogP contribution in [0.15, 0.2) is 16.5 Å². The van der Waals surface area contributed by atoms with Crippen molar-refractivity contribution in [3.05, 3.63) is 23.7 Å². The van der Waals surface area contributed by atoms with Crippen molar-refractivity contribution in [3.63, 3.8) is 0 Å². The topological polar surface area (TPSA) is 66.5 Å². The van der Waals surface area contributed by atoms with Gasteiger partial charge in [0.15, 0.2) is 0 Å². The summed E-state index contributed by atoms with van der Waals surface area (Å²) in [6, 6.07) is 5.61. The van der Waals surface area contributed by atoms with Gasteiger partial charge in [0.25, 0.3) is 0 Å². The Morgan fingerprint density at radius 2 is 2.22 bits per heavy atom. The smallest absolute Gasteiger partial charge is 0.373 e. The average Bonchev–Trinajstić information content (AvgIpc) is 2.85. The van der Waals surface area contributed by atoms with Crippen LogP contribution >= 0.6 is 0 Å². The Hall–Kier alpha value is -1.80. The minimum absolute atomic E-state index is 0.00763. The predicted octanol–water partition coefficient (Wildman–Crippen LogP) is 2.36. The summed E-state index contributed by atoms with van der Waals surface area (Å²) >= 11 is 0. The van der Waals surface area contributed by atoms with Crippen molar-refractivity contribution in [2.24, 2.45) is 0 Å². The maximum absolute atomic E-state index is 11.3. The fourth-order valence-electron chi connectivity index (χ4n) is 1.65. The summed E-state index contributed by atoms with van der Waals surface area (Å²) in [7, 11) is 3.24. The van der Waals surface area contributed by atoms with Crippen molar-refractivity contribution < 1.29 is 13.9 Å². The van der Waals surface area contributed by atoms with Gasteiger partial charge in [-0.05, 0) is 33.0 Å². The lowest BCUT2D eigenvalue weighted by Crippen LogP contribution is -2.31. The molecule has 0 amide bonds. The van der Waals surface area contributed by atoms with Gasteiger partial charge in [-0.25, -0.2) is 4.79 Å². The van der Waals surface area contributed by atoms with Crippen molar-refractivity contribution >= 4 is 5.97 Å². The minimum atomic E-state index is -0.485. The SMILES string of the molecule is COC(=O)c1ccc(C(C)N(C)C(C)CC#N)o1. The Kier molecular flexibility index (Phi) is 4.93. The van der Waals surface area contributed by atoms with Gasteiger partial charge in [-0.1, -0.05) is 0 Å². The van der Waals surface area contributed by atoms with E-state index in [0.717, 1.165) is 0 Å². The molecule has 18 heavy (non-hydrogen) atoms. The van der Waals surface area contributed by atoms with E-state index in [0.29, 0.717) is 12.2 Å². The van der Waals surface area contributed by atoms with Crippen molar-refractivity contribution in [1.29, 1.82) is 5.26 Å². The molecular weight excluding hydrogens is 232 g/mol. The third kappa shape index (κ3) is 3.11. The van der Waals surface area contributed by atoms with Crippen LogP contribution in [0.1, 0.15) is 42.6 Å². The third-order valence-corrected chi connectivity index (χ3v) is 3.12. The number of methoxy groups -OCH3 is 1. The van der Waals surface area contributed by atoms with Gasteiger partial charge in [-0.15, -0.1) is 0 Å². The first-order chi connectivity index (χ1) is 8.51. The molecule has 5 nitrogen and oxygen atoms in total. The quantitative estimate of drug-likeness (QED) is 0.750. The summed E-state index contributed by atoms with van der Waals surface area (Å²) in [6.07, 6.45) is 0.450. The predicted molar refractivity (Wildman–Crippen MR) is 65.9 cm³/mol. The molecule has 2 atom stereocenters. The Morgan fingerprint density at radius 3 is 2.78 bits per heavy atom. The van der Waals surface area contributed by atoms with E-state index in [2.05, 4.69) is 10.8 Å². The molecule has 0 radical (unpaired) electrons. The van der Waals surface area contributed by atoms with Crippen LogP contribution in [0.2, 0.25) is 0 Å². The number of esters is 1. The maximum Gasteiger partial charge on any atom is 0.373 e. The van der Waals surface area contributed by atoms with E-state index in [1.807, 2.05) is 25.8 Å². The lowest BCUT2D eigenvalue weighted by molar-refractivity contribution is 0.0558. The molecule has 0 saturated carbocycles. The summed E-state index contributed by atoms with van der Waals surface area (Å²) in [4.78, 5) is 13.3. The van der Waals surface area contributed by atoms with E-state index in [1.54, 1.807) is 12.1 Å². The summed E-state index contributed by atoms with van der Waals surface area (Å²) in [5, 5.41) is 8.69. The summed E-state index contributed by atoms with van der Waals surface area (Å²) in [5.41, 5.74) is 0. The van der Waals surface area contributed by atoms with Gasteiger partial charge >= 0.3 is 5.97 Å². The largest absolute Gasteiger partial charge is 0.463 e. The van der Waals surface area contributed by atoms with E-state index in [1.165, 1.54) is 7.11 Å². The standard InChI is InChI=1S/C13H18N2O3/c1-9(7-8-14)15(3)10(2)11-5-6-12(18-11)13(16)17-4/h5-6,9-10H,7H2,1-4H3. The summed E-state index contributed by atoms with van der Waals surface area (Å²) in [5.74, 6) is 0.393. The molecule has 0 aromatic carbocycles. The molecule has 0 bridgehead atoms. The van der Waals surface area contributed by atoms with Crippen LogP contribution in [0.5, 0.6) is 0 Å². The molecule has 0 fully saturated rings. The van der Waals surface area contributed by atoms with Crippen molar-refractivity contribution in [1.82, 2.24) is 4.90 Å². The minimum Gasteiger partial charge on any atom is -0.463 e. The highest BCUT2D eigenvalue weighted by molar-refractivity contribution is 5.86. The molecular formula is C13H18N2O3. The number of nitrogens with zero attached hydrogens (tertiary/aromatic N) is 2. The maximum atomic E-state index is 11.3. The Balaban J connectivity index is 2.78. The van der Waals surface area contributed by atoms with E-state index < -0.39 is 5.97 Å². The second-order valence-electron chi connectivity index (χ2n) is 4.25. The zero-order valence-electron chi connectivity index (χ0n) is 11.1. The number of carbonyl (C=O) groups is 1. The third-order valence-electron chi connectivity index (χ3n) is 3.12. The van der Waals surface area contributed by atoms with E-state index in [4.69, 9.17) is 9.68 Å². The van der Waals surface area contributed by atoms with Crippen LogP contribution in [0.25, 0.3) is 0 Å². The lowest BCUT2D eigenvalue weighted by atomic mass is 10.1. The molecule has 5 heteroatoms. The molecule has 1 aromatic rings. The summed E-state index contributed by atoms with van der Waals surface area (Å²) in [6.45, 7) is 3.94. The van der Waals surface area contributed by atoms with E-state index >= 15 is 0 Å². The Bertz CT molecular complexity index is 447. The van der Waals surface area contributed by atoms with Crippen molar-refractivity contribution in [2.45, 2.75) is 32.4 Å². The average molecular weight is 250 g/mol. The number of ether oxygens (including phenoxy) is 1. The molecule has 0 spiro atoms. The lowest BCUT2D eigenvalue weighted by Gasteiger charge is -2.27. The summed E-state index contributed by atoms with van der Waals surface area (Å²) < 4.78 is 10.0. The molecule has 2 unspecified atom stereocenters. The van der Waals surface area contributed by atoms with Crippen molar-refractivity contribution in [3.8, 4) is 6.07 Å². The van der Waals surface area contributed by atoms with Gasteiger partial charge in [-0.3, -0.25) is 4.90 Å². The number of nitriles is 1. The van der Waals surface area contributed by atoms with E-state index in [9.17, 15) is 4.79 Å². The molecule has 0 aliphatic carbocycles. The fraction of sp³-hybridized carbons (Fsp3) is 0.538. The number of hydrogen-bond donors (Lipinski definition) is 0. The Labute approximate surface area is 107 Å². The van der Waals surface area contributed by atoms with Crippen LogP contribution < -0.4 is 0 Å². The zero-order chi connectivity index (χ0) is 13.7. The first-order valence-electron chi connectivity index (χ1n) is 5.78. The van der Waals surface area contributed by atoms with Gasteiger partial charge in [-0.2, -0.15) is 5.26 Å². The first kappa shape index (κ1) is 14.3. The molecule has 98 valence electrons. The normalized spacial score (nSPS) is 14.0. The number of rotatable bonds is 5. The highest BCUT2D eigenvalue weighted by Gasteiger charge is 2.21. The van der Waals surface area contributed by atoms with Crippen LogP contribution in [-0.4, -0.2) is 31.1 Å². The Morgan fingerprint density at radius 1 is 1.56 bits per heavy atom. The van der Waals surface area contributed by atoms with Gasteiger partial charge < -0.3 is 9.15 Å². The van der Waals surface area contributed by atoms with Crippen LogP contribution in [0.4, 0.5) is 0 Å². The highest BCUT2D eigenvalue weighted by Crippen LogP contribution is 2.24. The fourth-order valence-corrected chi connectivity index (χ4v) is 1.65. The van der Waals surface area contributed by atoms with Crippen LogP contribution in [0, 0.1) is 11.3 Å². The van der Waals surface area contributed by atoms with Gasteiger partial charge in [0.05, 0.1) is 25.6 Å². The van der Waals surface area contributed by atoms with Gasteiger partial charge in [0, 0.05) is 6.04 Å². The van der Waals surface area contributed by atoms with Gasteiger partial charge in [0.1, 0.15) is 5.76 Å². The number of furan rings is 1. The number of carbonyl (C=O) groups excluding carboxylic acids is 1. The zero-order valence-corrected chi connectivity index (χ0v) is 11.1.